The summed E-state index contributed by atoms with van der Waals surface area (Å²) in [7, 11) is -3.86. The number of aliphatic hydroxyl groups excluding tert-OH is 1. The topological polar surface area (TPSA) is 92.9 Å². The zero-order valence-electron chi connectivity index (χ0n) is 18.6. The van der Waals surface area contributed by atoms with Gasteiger partial charge in [0.1, 0.15) is 12.4 Å². The lowest BCUT2D eigenvalue weighted by atomic mass is 9.70. The molecule has 8 heteroatoms. The van der Waals surface area contributed by atoms with E-state index in [9.17, 15) is 13.5 Å². The third-order valence-electron chi connectivity index (χ3n) is 6.89. The summed E-state index contributed by atoms with van der Waals surface area (Å²) in [5.41, 5.74) is 2.96. The number of hydrogen-bond donors (Lipinski definition) is 2. The molecular weight excluding hydrogens is 460 g/mol. The van der Waals surface area contributed by atoms with Crippen molar-refractivity contribution < 1.29 is 18.3 Å². The molecule has 2 aliphatic rings. The zero-order chi connectivity index (χ0) is 23.6. The number of anilines is 1. The van der Waals surface area contributed by atoms with E-state index in [1.807, 2.05) is 18.2 Å². The fraction of sp³-hybridized carbons (Fsp3) is 0.440. The van der Waals surface area contributed by atoms with Crippen LogP contribution in [-0.4, -0.2) is 32.7 Å². The van der Waals surface area contributed by atoms with Crippen LogP contribution in [0.4, 0.5) is 5.69 Å². The van der Waals surface area contributed by atoms with Crippen LogP contribution in [0.25, 0.3) is 0 Å². The Hall–Kier alpha value is -2.06. The van der Waals surface area contributed by atoms with Crippen molar-refractivity contribution in [3.63, 3.8) is 0 Å². The Kier molecular flexibility index (Phi) is 7.34. The minimum atomic E-state index is -3.86. The number of aliphatic hydroxyl groups is 1. The Bertz CT molecular complexity index is 1120. The number of sulfonamides is 1. The van der Waals surface area contributed by atoms with Crippen molar-refractivity contribution in [1.82, 2.24) is 0 Å². The second kappa shape index (κ2) is 10.1. The van der Waals surface area contributed by atoms with Crippen molar-refractivity contribution >= 4 is 27.3 Å². The highest BCUT2D eigenvalue weighted by molar-refractivity contribution is 7.89. The first-order valence-electron chi connectivity index (χ1n) is 11.4. The van der Waals surface area contributed by atoms with Gasteiger partial charge in [-0.2, -0.15) is 0 Å². The van der Waals surface area contributed by atoms with Gasteiger partial charge in [-0.1, -0.05) is 23.7 Å². The highest BCUT2D eigenvalue weighted by Gasteiger charge is 2.36. The van der Waals surface area contributed by atoms with Gasteiger partial charge < -0.3 is 14.7 Å². The molecule has 0 unspecified atom stereocenters. The van der Waals surface area contributed by atoms with Crippen molar-refractivity contribution in [3.8, 4) is 5.75 Å². The molecule has 6 nitrogen and oxygen atoms in total. The molecule has 1 saturated carbocycles. The smallest absolute Gasteiger partial charge is 0.238 e. The number of primary sulfonamides is 1. The standard InChI is InChI=1S/C25H31ClN2O4S/c1-2-24(29)22-10-7-18(22)15-28-12-4-3-5-17-13-20(26)8-6-19(17)16-32-25-11-9-21(14-23(25)28)33(27,30)31/h2,6,8-9,11,13-14,18,22,24,29H,1,3-5,7,10,12,15-16H2,(H2,27,30,31)/t18-,22+,24-/m0/s1. The van der Waals surface area contributed by atoms with Crippen molar-refractivity contribution in [2.45, 2.75) is 49.7 Å². The van der Waals surface area contributed by atoms with Crippen LogP contribution >= 0.6 is 11.6 Å². The van der Waals surface area contributed by atoms with Crippen LogP contribution in [0.1, 0.15) is 36.8 Å². The summed E-state index contributed by atoms with van der Waals surface area (Å²) in [5.74, 6) is 1.08. The number of halogens is 1. The van der Waals surface area contributed by atoms with Gasteiger partial charge in [-0.05, 0) is 85.4 Å². The van der Waals surface area contributed by atoms with E-state index in [2.05, 4.69) is 11.5 Å². The van der Waals surface area contributed by atoms with E-state index in [-0.39, 0.29) is 10.8 Å². The van der Waals surface area contributed by atoms with E-state index < -0.39 is 16.1 Å². The highest BCUT2D eigenvalue weighted by Crippen LogP contribution is 2.40. The normalized spacial score (nSPS) is 22.1. The molecule has 0 bridgehead atoms. The highest BCUT2D eigenvalue weighted by atomic mass is 35.5. The van der Waals surface area contributed by atoms with Gasteiger partial charge in [-0.25, -0.2) is 13.6 Å². The first kappa shape index (κ1) is 24.1. The lowest BCUT2D eigenvalue weighted by Crippen LogP contribution is -2.43. The maximum absolute atomic E-state index is 12.1. The Labute approximate surface area is 201 Å². The number of nitrogens with zero attached hydrogens (tertiary/aromatic N) is 1. The average Bonchev–Trinajstić information content (AvgIpc) is 2.79. The summed E-state index contributed by atoms with van der Waals surface area (Å²) < 4.78 is 30.4. The Balaban J connectivity index is 1.68. The van der Waals surface area contributed by atoms with Gasteiger partial charge in [0.25, 0.3) is 0 Å². The molecule has 0 saturated heterocycles. The van der Waals surface area contributed by atoms with Crippen LogP contribution < -0.4 is 14.8 Å². The summed E-state index contributed by atoms with van der Waals surface area (Å²) in [4.78, 5) is 2.26. The Morgan fingerprint density at radius 2 is 2.03 bits per heavy atom. The van der Waals surface area contributed by atoms with E-state index in [0.717, 1.165) is 49.9 Å². The molecule has 2 aromatic carbocycles. The molecule has 1 aliphatic heterocycles. The van der Waals surface area contributed by atoms with Gasteiger partial charge in [0.15, 0.2) is 0 Å². The minimum absolute atomic E-state index is 0.0631. The summed E-state index contributed by atoms with van der Waals surface area (Å²) in [5, 5.41) is 16.4. The fourth-order valence-corrected chi connectivity index (χ4v) is 5.55. The zero-order valence-corrected chi connectivity index (χ0v) is 20.2. The number of hydrogen-bond acceptors (Lipinski definition) is 5. The van der Waals surface area contributed by atoms with Crippen LogP contribution in [-0.2, 0) is 23.1 Å². The van der Waals surface area contributed by atoms with E-state index >= 15 is 0 Å². The molecule has 2 aromatic rings. The van der Waals surface area contributed by atoms with E-state index in [1.165, 1.54) is 11.6 Å². The van der Waals surface area contributed by atoms with Gasteiger partial charge in [-0.3, -0.25) is 0 Å². The van der Waals surface area contributed by atoms with Crippen molar-refractivity contribution in [2.75, 3.05) is 18.0 Å². The molecule has 1 aliphatic carbocycles. The molecule has 0 radical (unpaired) electrons. The minimum Gasteiger partial charge on any atom is -0.487 e. The molecule has 3 atom stereocenters. The lowest BCUT2D eigenvalue weighted by Gasteiger charge is -2.42. The average molecular weight is 491 g/mol. The van der Waals surface area contributed by atoms with Crippen molar-refractivity contribution in [1.29, 1.82) is 0 Å². The molecule has 0 spiro atoms. The lowest BCUT2D eigenvalue weighted by molar-refractivity contribution is 0.0465. The van der Waals surface area contributed by atoms with Crippen molar-refractivity contribution in [3.05, 3.63) is 65.2 Å². The molecule has 0 aromatic heterocycles. The second-order valence-electron chi connectivity index (χ2n) is 9.01. The molecule has 178 valence electrons. The maximum atomic E-state index is 12.1. The SMILES string of the molecule is C=C[C@H](O)[C@@H]1CC[C@H]1CN1CCCCc2cc(Cl)ccc2COc2ccc(S(N)(=O)=O)cc21. The quantitative estimate of drug-likeness (QED) is 0.610. The summed E-state index contributed by atoms with van der Waals surface area (Å²) in [6.45, 7) is 5.55. The first-order valence-corrected chi connectivity index (χ1v) is 13.3. The molecule has 3 N–H and O–H groups in total. The van der Waals surface area contributed by atoms with E-state index in [1.54, 1.807) is 18.2 Å². The molecule has 1 fully saturated rings. The fourth-order valence-electron chi connectivity index (χ4n) is 4.82. The molecule has 33 heavy (non-hydrogen) atoms. The number of aryl methyl sites for hydroxylation is 1. The van der Waals surface area contributed by atoms with Crippen LogP contribution in [0.15, 0.2) is 53.9 Å². The summed E-state index contributed by atoms with van der Waals surface area (Å²) in [6, 6.07) is 10.6. The van der Waals surface area contributed by atoms with E-state index in [0.29, 0.717) is 29.8 Å². The molecular formula is C25H31ClN2O4S. The predicted octanol–water partition coefficient (Wildman–Crippen LogP) is 4.28. The van der Waals surface area contributed by atoms with Crippen molar-refractivity contribution in [2.24, 2.45) is 17.0 Å². The number of rotatable bonds is 5. The second-order valence-corrected chi connectivity index (χ2v) is 11.0. The van der Waals surface area contributed by atoms with Gasteiger partial charge in [0.2, 0.25) is 10.0 Å². The molecule has 4 rings (SSSR count). The third-order valence-corrected chi connectivity index (χ3v) is 8.03. The van der Waals surface area contributed by atoms with Crippen LogP contribution in [0.5, 0.6) is 5.75 Å². The Morgan fingerprint density at radius 1 is 1.21 bits per heavy atom. The van der Waals surface area contributed by atoms with Gasteiger partial charge >= 0.3 is 0 Å². The van der Waals surface area contributed by atoms with Crippen LogP contribution in [0, 0.1) is 11.8 Å². The van der Waals surface area contributed by atoms with Gasteiger partial charge in [0, 0.05) is 18.1 Å². The summed E-state index contributed by atoms with van der Waals surface area (Å²) >= 11 is 6.23. The molecule has 1 heterocycles. The Morgan fingerprint density at radius 3 is 2.73 bits per heavy atom. The largest absolute Gasteiger partial charge is 0.487 e. The first-order chi connectivity index (χ1) is 15.8. The van der Waals surface area contributed by atoms with Gasteiger partial charge in [-0.15, -0.1) is 6.58 Å². The van der Waals surface area contributed by atoms with Crippen LogP contribution in [0.3, 0.4) is 0 Å². The predicted molar refractivity (Wildman–Crippen MR) is 131 cm³/mol. The maximum Gasteiger partial charge on any atom is 0.238 e. The van der Waals surface area contributed by atoms with Gasteiger partial charge in [0.05, 0.1) is 16.7 Å². The summed E-state index contributed by atoms with van der Waals surface area (Å²) in [6.07, 6.45) is 5.83. The third kappa shape index (κ3) is 5.54. The van der Waals surface area contributed by atoms with Crippen LogP contribution in [0.2, 0.25) is 5.02 Å². The van der Waals surface area contributed by atoms with E-state index in [4.69, 9.17) is 21.5 Å². The number of fused-ring (bicyclic) bond motifs is 2. The number of nitrogens with two attached hydrogens (primary N) is 1. The monoisotopic (exact) mass is 490 g/mol. The molecule has 0 amide bonds. The number of benzene rings is 2. The number of ether oxygens (including phenoxy) is 1.